The molecule has 4 aromatic rings. The summed E-state index contributed by atoms with van der Waals surface area (Å²) in [7, 11) is 1.53. The molecule has 0 bridgehead atoms. The second kappa shape index (κ2) is 8.51. The fourth-order valence-corrected chi connectivity index (χ4v) is 3.63. The maximum atomic E-state index is 13.2. The van der Waals surface area contributed by atoms with Crippen LogP contribution in [0.15, 0.2) is 75.9 Å². The van der Waals surface area contributed by atoms with Gasteiger partial charge in [-0.2, -0.15) is 0 Å². The van der Waals surface area contributed by atoms with Crippen LogP contribution in [0.25, 0.3) is 22.3 Å². The lowest BCUT2D eigenvalue weighted by Gasteiger charge is -2.13. The van der Waals surface area contributed by atoms with E-state index in [0.717, 1.165) is 11.1 Å². The predicted octanol–water partition coefficient (Wildman–Crippen LogP) is 4.69. The highest BCUT2D eigenvalue weighted by Gasteiger charge is 2.20. The summed E-state index contributed by atoms with van der Waals surface area (Å²) in [6.45, 7) is 3.58. The smallest absolute Gasteiger partial charge is 0.259 e. The van der Waals surface area contributed by atoms with Crippen molar-refractivity contribution >= 4 is 28.5 Å². The first kappa shape index (κ1) is 21.1. The van der Waals surface area contributed by atoms with Gasteiger partial charge in [0.1, 0.15) is 5.76 Å². The number of hydrogen-bond donors (Lipinski definition) is 2. The van der Waals surface area contributed by atoms with Crippen molar-refractivity contribution in [2.45, 2.75) is 13.8 Å². The molecular formula is C26H22N2O4. The number of fused-ring (bicyclic) bond motifs is 1. The van der Waals surface area contributed by atoms with Gasteiger partial charge >= 0.3 is 0 Å². The molecule has 160 valence electrons. The van der Waals surface area contributed by atoms with Gasteiger partial charge < -0.3 is 15.1 Å². The first-order valence-electron chi connectivity index (χ1n) is 10.2. The number of anilines is 1. The van der Waals surface area contributed by atoms with Crippen molar-refractivity contribution in [3.63, 3.8) is 0 Å². The summed E-state index contributed by atoms with van der Waals surface area (Å²) >= 11 is 0. The van der Waals surface area contributed by atoms with E-state index in [1.165, 1.54) is 7.05 Å². The number of hydrogen-bond acceptors (Lipinski definition) is 4. The molecule has 0 radical (unpaired) electrons. The molecule has 2 N–H and O–H groups in total. The molecule has 32 heavy (non-hydrogen) atoms. The van der Waals surface area contributed by atoms with Crippen LogP contribution in [0.2, 0.25) is 0 Å². The van der Waals surface area contributed by atoms with Gasteiger partial charge in [0.2, 0.25) is 0 Å². The minimum atomic E-state index is -0.476. The lowest BCUT2D eigenvalue weighted by Crippen LogP contribution is -2.22. The zero-order chi connectivity index (χ0) is 22.8. The highest BCUT2D eigenvalue weighted by molar-refractivity contribution is 6.13. The number of nitrogens with one attached hydrogen (secondary N) is 2. The average Bonchev–Trinajstić information content (AvgIpc) is 2.82. The third kappa shape index (κ3) is 3.78. The van der Waals surface area contributed by atoms with E-state index in [2.05, 4.69) is 10.6 Å². The number of carbonyl (C=O) groups is 2. The van der Waals surface area contributed by atoms with E-state index in [4.69, 9.17) is 4.42 Å². The number of carbonyl (C=O) groups excluding carboxylic acids is 2. The Morgan fingerprint density at radius 2 is 1.59 bits per heavy atom. The van der Waals surface area contributed by atoms with Crippen molar-refractivity contribution in [1.82, 2.24) is 5.32 Å². The van der Waals surface area contributed by atoms with E-state index in [9.17, 15) is 14.4 Å². The van der Waals surface area contributed by atoms with Gasteiger partial charge in [-0.3, -0.25) is 14.4 Å². The molecule has 6 heteroatoms. The van der Waals surface area contributed by atoms with Crippen LogP contribution in [-0.4, -0.2) is 18.9 Å². The topological polar surface area (TPSA) is 88.4 Å². The van der Waals surface area contributed by atoms with Crippen molar-refractivity contribution in [2.75, 3.05) is 12.4 Å². The van der Waals surface area contributed by atoms with E-state index < -0.39 is 5.91 Å². The van der Waals surface area contributed by atoms with Gasteiger partial charge in [-0.25, -0.2) is 0 Å². The largest absolute Gasteiger partial charge is 0.455 e. The fourth-order valence-electron chi connectivity index (χ4n) is 3.63. The maximum absolute atomic E-state index is 13.2. The highest BCUT2D eigenvalue weighted by atomic mass is 16.3. The minimum Gasteiger partial charge on any atom is -0.455 e. The van der Waals surface area contributed by atoms with Gasteiger partial charge in [-0.05, 0) is 38.1 Å². The normalized spacial score (nSPS) is 10.7. The van der Waals surface area contributed by atoms with Crippen LogP contribution in [-0.2, 0) is 0 Å². The predicted molar refractivity (Wildman–Crippen MR) is 125 cm³/mol. The summed E-state index contributed by atoms with van der Waals surface area (Å²) in [5.74, 6) is -0.365. The Hall–Kier alpha value is -4.19. The molecule has 0 unspecified atom stereocenters. The maximum Gasteiger partial charge on any atom is 0.259 e. The fraction of sp³-hybridized carbons (Fsp3) is 0.115. The minimum absolute atomic E-state index is 0.193. The van der Waals surface area contributed by atoms with Gasteiger partial charge in [0.15, 0.2) is 11.0 Å². The Morgan fingerprint density at radius 3 is 2.31 bits per heavy atom. The third-order valence-electron chi connectivity index (χ3n) is 5.32. The zero-order valence-corrected chi connectivity index (χ0v) is 18.0. The van der Waals surface area contributed by atoms with Crippen molar-refractivity contribution in [2.24, 2.45) is 0 Å². The SMILES string of the molecule is CNC(=O)c1cc(C)ccc1NC(=O)c1cccc2c(=O)c(C)c(-c3ccccc3)oc12. The van der Waals surface area contributed by atoms with Gasteiger partial charge in [0.05, 0.1) is 22.2 Å². The Morgan fingerprint density at radius 1 is 0.844 bits per heavy atom. The second-order valence-electron chi connectivity index (χ2n) is 7.52. The van der Waals surface area contributed by atoms with Gasteiger partial charge in [0.25, 0.3) is 11.8 Å². The van der Waals surface area contributed by atoms with Crippen LogP contribution in [0, 0.1) is 13.8 Å². The third-order valence-corrected chi connectivity index (χ3v) is 5.32. The van der Waals surface area contributed by atoms with Crippen LogP contribution in [0.1, 0.15) is 31.8 Å². The Kier molecular flexibility index (Phi) is 5.60. The summed E-state index contributed by atoms with van der Waals surface area (Å²) in [6, 6.07) is 19.4. The standard InChI is InChI=1S/C26H22N2O4/c1-15-12-13-21(20(14-15)25(30)27-3)28-26(31)19-11-7-10-18-22(29)16(2)23(32-24(18)19)17-8-5-4-6-9-17/h4-14H,1-3H3,(H,27,30)(H,28,31). The highest BCUT2D eigenvalue weighted by Crippen LogP contribution is 2.28. The summed E-state index contributed by atoms with van der Waals surface area (Å²) in [5, 5.41) is 5.70. The molecule has 0 aliphatic rings. The monoisotopic (exact) mass is 426 g/mol. The molecule has 1 heterocycles. The second-order valence-corrected chi connectivity index (χ2v) is 7.52. The molecular weight excluding hydrogens is 404 g/mol. The Balaban J connectivity index is 1.84. The van der Waals surface area contributed by atoms with Crippen LogP contribution < -0.4 is 16.1 Å². The van der Waals surface area contributed by atoms with Gasteiger partial charge in [0, 0.05) is 18.2 Å². The van der Waals surface area contributed by atoms with Crippen molar-refractivity contribution in [1.29, 1.82) is 0 Å². The van der Waals surface area contributed by atoms with E-state index in [1.54, 1.807) is 37.3 Å². The van der Waals surface area contributed by atoms with Crippen LogP contribution in [0.5, 0.6) is 0 Å². The zero-order valence-electron chi connectivity index (χ0n) is 18.0. The number of para-hydroxylation sites is 1. The summed E-state index contributed by atoms with van der Waals surface area (Å²) < 4.78 is 6.13. The van der Waals surface area contributed by atoms with E-state index in [1.807, 2.05) is 43.3 Å². The van der Waals surface area contributed by atoms with Crippen LogP contribution in [0.3, 0.4) is 0 Å². The van der Waals surface area contributed by atoms with E-state index >= 15 is 0 Å². The Bertz CT molecular complexity index is 1410. The van der Waals surface area contributed by atoms with Crippen molar-refractivity contribution in [3.8, 4) is 11.3 Å². The van der Waals surface area contributed by atoms with E-state index in [0.29, 0.717) is 28.0 Å². The molecule has 3 aromatic carbocycles. The van der Waals surface area contributed by atoms with Crippen molar-refractivity contribution in [3.05, 3.63) is 99.2 Å². The van der Waals surface area contributed by atoms with Crippen LogP contribution >= 0.6 is 0 Å². The van der Waals surface area contributed by atoms with Crippen LogP contribution in [0.4, 0.5) is 5.69 Å². The molecule has 0 aliphatic carbocycles. The average molecular weight is 426 g/mol. The lowest BCUT2D eigenvalue weighted by molar-refractivity contribution is 0.0964. The van der Waals surface area contributed by atoms with Gasteiger partial charge in [-0.15, -0.1) is 0 Å². The number of aryl methyl sites for hydroxylation is 1. The molecule has 0 spiro atoms. The molecule has 0 fully saturated rings. The molecule has 0 aliphatic heterocycles. The van der Waals surface area contributed by atoms with Gasteiger partial charge in [-0.1, -0.05) is 48.0 Å². The molecule has 4 rings (SSSR count). The number of rotatable bonds is 4. The summed E-state index contributed by atoms with van der Waals surface area (Å²) in [5.41, 5.74) is 3.05. The first-order valence-corrected chi connectivity index (χ1v) is 10.2. The molecule has 0 saturated carbocycles. The number of amides is 2. The van der Waals surface area contributed by atoms with E-state index in [-0.39, 0.29) is 22.5 Å². The lowest BCUT2D eigenvalue weighted by atomic mass is 10.0. The quantitative estimate of drug-likeness (QED) is 0.496. The first-order chi connectivity index (χ1) is 15.4. The molecule has 0 atom stereocenters. The Labute approximate surface area is 184 Å². The molecule has 2 amide bonds. The number of benzene rings is 3. The van der Waals surface area contributed by atoms with Crippen molar-refractivity contribution < 1.29 is 14.0 Å². The molecule has 1 aromatic heterocycles. The molecule has 0 saturated heterocycles. The summed E-state index contributed by atoms with van der Waals surface area (Å²) in [6.07, 6.45) is 0. The molecule has 6 nitrogen and oxygen atoms in total. The summed E-state index contributed by atoms with van der Waals surface area (Å²) in [4.78, 5) is 38.5.